The Labute approximate surface area is 221 Å². The van der Waals surface area contributed by atoms with Gasteiger partial charge in [0.15, 0.2) is 0 Å². The van der Waals surface area contributed by atoms with E-state index in [9.17, 15) is 14.0 Å². The van der Waals surface area contributed by atoms with Crippen LogP contribution in [0.5, 0.6) is 0 Å². The van der Waals surface area contributed by atoms with E-state index in [1.165, 1.54) is 28.9 Å². The van der Waals surface area contributed by atoms with Crippen LogP contribution in [0.1, 0.15) is 41.2 Å². The highest BCUT2D eigenvalue weighted by atomic mass is 35.5. The van der Waals surface area contributed by atoms with Crippen LogP contribution in [0.15, 0.2) is 61.1 Å². The van der Waals surface area contributed by atoms with E-state index < -0.39 is 23.3 Å². The first-order valence-corrected chi connectivity index (χ1v) is 12.2. The Morgan fingerprint density at radius 1 is 1.24 bits per heavy atom. The number of pyridine rings is 1. The fourth-order valence-electron chi connectivity index (χ4n) is 4.34. The average molecular weight is 538 g/mol. The summed E-state index contributed by atoms with van der Waals surface area (Å²) in [6.45, 7) is 0. The number of carbonyl (C=O) groups is 2. The molecule has 0 bridgehead atoms. The molecule has 2 heterocycles. The molecule has 0 aliphatic heterocycles. The summed E-state index contributed by atoms with van der Waals surface area (Å²) in [5, 5.41) is 23.7. The Hall–Kier alpha value is -4.38. The molecule has 5 rings (SSSR count). The second-order valence-electron chi connectivity index (χ2n) is 8.99. The SMILES string of the molecule is CO[n+]1cc(-c2cc(Cl)ccc2-n2cnnn2)ccc1C(CC1CC1)C(=O)Nc1ccc(C(=O)O)c(F)c1. The van der Waals surface area contributed by atoms with Crippen LogP contribution >= 0.6 is 11.6 Å². The topological polar surface area (TPSA) is 123 Å². The van der Waals surface area contributed by atoms with Gasteiger partial charge in [-0.3, -0.25) is 9.63 Å². The van der Waals surface area contributed by atoms with E-state index in [4.69, 9.17) is 21.5 Å². The lowest BCUT2D eigenvalue weighted by atomic mass is 9.95. The maximum absolute atomic E-state index is 14.2. The Balaban J connectivity index is 1.49. The van der Waals surface area contributed by atoms with Gasteiger partial charge in [0.1, 0.15) is 25.2 Å². The van der Waals surface area contributed by atoms with Crippen molar-refractivity contribution in [3.63, 3.8) is 0 Å². The van der Waals surface area contributed by atoms with Crippen LogP contribution in [0.25, 0.3) is 16.8 Å². The normalized spacial score (nSPS) is 13.7. The molecule has 1 aliphatic carbocycles. The molecule has 0 spiro atoms. The highest BCUT2D eigenvalue weighted by Gasteiger charge is 2.37. The summed E-state index contributed by atoms with van der Waals surface area (Å²) >= 11 is 6.29. The molecule has 12 heteroatoms. The van der Waals surface area contributed by atoms with Gasteiger partial charge in [0, 0.05) is 27.1 Å². The molecule has 2 aromatic carbocycles. The third kappa shape index (κ3) is 5.32. The van der Waals surface area contributed by atoms with E-state index in [2.05, 4.69) is 20.8 Å². The van der Waals surface area contributed by atoms with Gasteiger partial charge in [0.05, 0.1) is 16.8 Å². The molecule has 2 aromatic heterocycles. The van der Waals surface area contributed by atoms with E-state index in [0.717, 1.165) is 36.1 Å². The zero-order valence-electron chi connectivity index (χ0n) is 20.2. The molecule has 38 heavy (non-hydrogen) atoms. The number of benzene rings is 2. The highest BCUT2D eigenvalue weighted by molar-refractivity contribution is 6.31. The minimum Gasteiger partial charge on any atom is -0.478 e. The molecule has 1 saturated carbocycles. The van der Waals surface area contributed by atoms with Crippen molar-refractivity contribution in [2.24, 2.45) is 5.92 Å². The molecule has 194 valence electrons. The fourth-order valence-corrected chi connectivity index (χ4v) is 4.51. The molecular weight excluding hydrogens is 515 g/mol. The van der Waals surface area contributed by atoms with Gasteiger partial charge in [-0.05, 0) is 65.2 Å². The summed E-state index contributed by atoms with van der Waals surface area (Å²) in [5.41, 5.74) is 2.51. The summed E-state index contributed by atoms with van der Waals surface area (Å²) in [6, 6.07) is 12.5. The quantitative estimate of drug-likeness (QED) is 0.312. The second kappa shape index (κ2) is 10.5. The number of amides is 1. The van der Waals surface area contributed by atoms with Crippen molar-refractivity contribution in [2.75, 3.05) is 12.4 Å². The summed E-state index contributed by atoms with van der Waals surface area (Å²) in [7, 11) is 1.50. The number of anilines is 1. The molecular formula is C26H23ClFN6O4+. The summed E-state index contributed by atoms with van der Waals surface area (Å²) < 4.78 is 17.3. The molecule has 4 aromatic rings. The number of hydrogen-bond donors (Lipinski definition) is 2. The van der Waals surface area contributed by atoms with Crippen molar-refractivity contribution in [1.29, 1.82) is 0 Å². The lowest BCUT2D eigenvalue weighted by Gasteiger charge is -2.16. The van der Waals surface area contributed by atoms with E-state index >= 15 is 0 Å². The third-order valence-corrected chi connectivity index (χ3v) is 6.65. The van der Waals surface area contributed by atoms with Crippen LogP contribution in [0.2, 0.25) is 5.02 Å². The Morgan fingerprint density at radius 2 is 2.05 bits per heavy atom. The number of rotatable bonds is 9. The molecule has 2 N–H and O–H groups in total. The molecule has 1 atom stereocenters. The first kappa shape index (κ1) is 25.3. The lowest BCUT2D eigenvalue weighted by molar-refractivity contribution is -0.890. The highest BCUT2D eigenvalue weighted by Crippen LogP contribution is 2.39. The van der Waals surface area contributed by atoms with E-state index in [1.807, 2.05) is 12.1 Å². The predicted octanol–water partition coefficient (Wildman–Crippen LogP) is 3.69. The van der Waals surface area contributed by atoms with E-state index in [0.29, 0.717) is 28.7 Å². The number of aromatic nitrogens is 5. The molecule has 1 fully saturated rings. The Morgan fingerprint density at radius 3 is 2.71 bits per heavy atom. The van der Waals surface area contributed by atoms with Gasteiger partial charge >= 0.3 is 5.97 Å². The van der Waals surface area contributed by atoms with Crippen LogP contribution in [0, 0.1) is 11.7 Å². The molecule has 0 saturated heterocycles. The van der Waals surface area contributed by atoms with E-state index in [1.54, 1.807) is 24.4 Å². The smallest absolute Gasteiger partial charge is 0.338 e. The monoisotopic (exact) mass is 537 g/mol. The number of aromatic carboxylic acids is 1. The summed E-state index contributed by atoms with van der Waals surface area (Å²) in [4.78, 5) is 30.2. The summed E-state index contributed by atoms with van der Waals surface area (Å²) in [5.74, 6) is -2.87. The van der Waals surface area contributed by atoms with Crippen LogP contribution < -0.4 is 14.9 Å². The number of halogens is 2. The zero-order valence-corrected chi connectivity index (χ0v) is 21.0. The van der Waals surface area contributed by atoms with Gasteiger partial charge in [-0.15, -0.1) is 5.10 Å². The molecule has 1 aliphatic rings. The minimum atomic E-state index is -1.38. The van der Waals surface area contributed by atoms with Crippen molar-refractivity contribution in [3.05, 3.63) is 83.2 Å². The van der Waals surface area contributed by atoms with Gasteiger partial charge in [0.2, 0.25) is 17.8 Å². The number of tetrazole rings is 1. The van der Waals surface area contributed by atoms with Crippen LogP contribution in [-0.2, 0) is 4.79 Å². The number of carbonyl (C=O) groups excluding carboxylic acids is 1. The first-order chi connectivity index (χ1) is 18.3. The Kier molecular flexibility index (Phi) is 7.01. The average Bonchev–Trinajstić information content (AvgIpc) is 3.56. The second-order valence-corrected chi connectivity index (χ2v) is 9.42. The molecule has 1 unspecified atom stereocenters. The van der Waals surface area contributed by atoms with Crippen LogP contribution in [0.4, 0.5) is 10.1 Å². The van der Waals surface area contributed by atoms with Crippen LogP contribution in [0.3, 0.4) is 0 Å². The molecule has 10 nitrogen and oxygen atoms in total. The lowest BCUT2D eigenvalue weighted by Crippen LogP contribution is -2.47. The third-order valence-electron chi connectivity index (χ3n) is 6.41. The zero-order chi connectivity index (χ0) is 26.8. The molecule has 1 amide bonds. The maximum Gasteiger partial charge on any atom is 0.338 e. The van der Waals surface area contributed by atoms with Gasteiger partial charge in [-0.25, -0.2) is 9.18 Å². The molecule has 0 radical (unpaired) electrons. The number of carboxylic acid groups (broad SMARTS) is 1. The standard InChI is InChI=1S/C26H22ClFN6O4/c1-38-34-13-16(20-11-17(27)5-9-23(20)33-14-29-31-32-33)4-8-24(34)21(10-15-2-3-15)25(35)30-18-6-7-19(26(36)37)22(28)12-18/h4-9,11-15,21H,2-3,10H2,1H3,(H-,30,35,36,37)/p+1. The number of nitrogens with one attached hydrogen (secondary N) is 1. The van der Waals surface area contributed by atoms with E-state index in [-0.39, 0.29) is 11.6 Å². The van der Waals surface area contributed by atoms with Gasteiger partial charge in [0.25, 0.3) is 0 Å². The van der Waals surface area contributed by atoms with Crippen molar-refractivity contribution in [2.45, 2.75) is 25.2 Å². The van der Waals surface area contributed by atoms with Crippen molar-refractivity contribution >= 4 is 29.2 Å². The Bertz CT molecular complexity index is 1510. The maximum atomic E-state index is 14.2. The number of hydrogen-bond acceptors (Lipinski definition) is 6. The van der Waals surface area contributed by atoms with Crippen molar-refractivity contribution in [1.82, 2.24) is 20.2 Å². The van der Waals surface area contributed by atoms with Gasteiger partial charge in [-0.1, -0.05) is 24.4 Å². The minimum absolute atomic E-state index is 0.170. The number of nitrogens with zero attached hydrogens (tertiary/aromatic N) is 5. The first-order valence-electron chi connectivity index (χ1n) is 11.8. The number of carboxylic acids is 1. The predicted molar refractivity (Wildman–Crippen MR) is 134 cm³/mol. The van der Waals surface area contributed by atoms with Gasteiger partial charge in [-0.2, -0.15) is 4.68 Å². The van der Waals surface area contributed by atoms with Crippen LogP contribution in [-0.4, -0.2) is 44.3 Å². The van der Waals surface area contributed by atoms with Gasteiger partial charge < -0.3 is 10.4 Å². The largest absolute Gasteiger partial charge is 0.478 e. The van der Waals surface area contributed by atoms with Crippen molar-refractivity contribution < 1.29 is 28.7 Å². The summed E-state index contributed by atoms with van der Waals surface area (Å²) in [6.07, 6.45) is 5.86. The van der Waals surface area contributed by atoms with Crippen molar-refractivity contribution in [3.8, 4) is 16.8 Å². The fraction of sp³-hybridized carbons (Fsp3) is 0.231.